The zero-order chi connectivity index (χ0) is 15.5. The van der Waals surface area contributed by atoms with Crippen LogP contribution < -0.4 is 0 Å². The van der Waals surface area contributed by atoms with Gasteiger partial charge in [0.25, 0.3) is 0 Å². The number of ether oxygens (including phenoxy) is 1. The molecule has 2 aliphatic carbocycles. The van der Waals surface area contributed by atoms with Crippen molar-refractivity contribution in [1.29, 1.82) is 0 Å². The third-order valence-corrected chi connectivity index (χ3v) is 4.84. The molecule has 3 nitrogen and oxygen atoms in total. The van der Waals surface area contributed by atoms with Crippen LogP contribution in [0.25, 0.3) is 0 Å². The minimum atomic E-state index is -0.337. The second kappa shape index (κ2) is 6.47. The van der Waals surface area contributed by atoms with Gasteiger partial charge >= 0.3 is 5.97 Å². The molecule has 3 heteroatoms. The maximum atomic E-state index is 12.4. The maximum Gasteiger partial charge on any atom is 0.313 e. The Bertz CT molecular complexity index is 588. The summed E-state index contributed by atoms with van der Waals surface area (Å²) in [6.45, 7) is 2.19. The van der Waals surface area contributed by atoms with Gasteiger partial charge in [-0.2, -0.15) is 0 Å². The summed E-state index contributed by atoms with van der Waals surface area (Å²) >= 11 is 0. The molecule has 0 saturated heterocycles. The molecule has 0 spiro atoms. The standard InChI is InChI=1S/C19H22O3/c1-2-22-19(21)17-12-16-14(9-6-10-18(16)20)11-15(17)13-7-4-3-5-8-13/h3-5,7-8,12,14-15,17H,2,6,9-11H2,1H3/t14-,15-,17-/m1/s1. The molecule has 2 aliphatic rings. The first kappa shape index (κ1) is 15.0. The van der Waals surface area contributed by atoms with Crippen molar-refractivity contribution in [2.75, 3.05) is 6.61 Å². The first-order valence-corrected chi connectivity index (χ1v) is 8.17. The van der Waals surface area contributed by atoms with Crippen LogP contribution in [0.2, 0.25) is 0 Å². The smallest absolute Gasteiger partial charge is 0.313 e. The summed E-state index contributed by atoms with van der Waals surface area (Å²) in [4.78, 5) is 24.6. The highest BCUT2D eigenvalue weighted by molar-refractivity contribution is 5.97. The normalized spacial score (nSPS) is 27.8. The van der Waals surface area contributed by atoms with E-state index in [9.17, 15) is 9.59 Å². The summed E-state index contributed by atoms with van der Waals surface area (Å²) in [6, 6.07) is 10.1. The fraction of sp³-hybridized carbons (Fsp3) is 0.474. The van der Waals surface area contributed by atoms with E-state index < -0.39 is 0 Å². The number of ketones is 1. The van der Waals surface area contributed by atoms with Crippen LogP contribution in [-0.2, 0) is 14.3 Å². The topological polar surface area (TPSA) is 43.4 Å². The predicted molar refractivity (Wildman–Crippen MR) is 84.4 cm³/mol. The summed E-state index contributed by atoms with van der Waals surface area (Å²) < 4.78 is 5.25. The Morgan fingerprint density at radius 2 is 2.05 bits per heavy atom. The number of fused-ring (bicyclic) bond motifs is 1. The Balaban J connectivity index is 1.97. The predicted octanol–water partition coefficient (Wildman–Crippen LogP) is 3.65. The molecule has 3 rings (SSSR count). The van der Waals surface area contributed by atoms with E-state index in [1.165, 1.54) is 0 Å². The van der Waals surface area contributed by atoms with Gasteiger partial charge in [0, 0.05) is 12.3 Å². The molecule has 1 saturated carbocycles. The summed E-state index contributed by atoms with van der Waals surface area (Å²) in [7, 11) is 0. The van der Waals surface area contributed by atoms with E-state index in [1.54, 1.807) is 0 Å². The lowest BCUT2D eigenvalue weighted by Gasteiger charge is -2.36. The monoisotopic (exact) mass is 298 g/mol. The Morgan fingerprint density at radius 1 is 1.27 bits per heavy atom. The van der Waals surface area contributed by atoms with Crippen LogP contribution in [0.5, 0.6) is 0 Å². The Kier molecular flexibility index (Phi) is 4.41. The van der Waals surface area contributed by atoms with Crippen LogP contribution in [0.4, 0.5) is 0 Å². The second-order valence-corrected chi connectivity index (χ2v) is 6.17. The van der Waals surface area contributed by atoms with Crippen molar-refractivity contribution in [2.24, 2.45) is 11.8 Å². The molecule has 0 unspecified atom stereocenters. The second-order valence-electron chi connectivity index (χ2n) is 6.17. The summed E-state index contributed by atoms with van der Waals surface area (Å²) in [5, 5.41) is 0. The first-order valence-electron chi connectivity index (χ1n) is 8.17. The quantitative estimate of drug-likeness (QED) is 0.800. The van der Waals surface area contributed by atoms with Crippen molar-refractivity contribution in [3.8, 4) is 0 Å². The molecule has 0 radical (unpaired) electrons. The van der Waals surface area contributed by atoms with E-state index in [0.717, 1.165) is 30.4 Å². The number of hydrogen-bond acceptors (Lipinski definition) is 3. The van der Waals surface area contributed by atoms with Gasteiger partial charge in [0.15, 0.2) is 5.78 Å². The number of benzene rings is 1. The van der Waals surface area contributed by atoms with E-state index in [0.29, 0.717) is 18.9 Å². The molecule has 116 valence electrons. The van der Waals surface area contributed by atoms with Gasteiger partial charge in [-0.3, -0.25) is 9.59 Å². The van der Waals surface area contributed by atoms with Crippen molar-refractivity contribution < 1.29 is 14.3 Å². The zero-order valence-corrected chi connectivity index (χ0v) is 13.0. The molecule has 0 N–H and O–H groups in total. The van der Waals surface area contributed by atoms with Gasteiger partial charge in [-0.15, -0.1) is 0 Å². The number of carbonyl (C=O) groups is 2. The summed E-state index contributed by atoms with van der Waals surface area (Å²) in [6.07, 6.45) is 5.41. The molecule has 22 heavy (non-hydrogen) atoms. The number of rotatable bonds is 3. The highest BCUT2D eigenvalue weighted by Crippen LogP contribution is 2.44. The van der Waals surface area contributed by atoms with Gasteiger partial charge in [0.2, 0.25) is 0 Å². The molecule has 1 aromatic carbocycles. The molecule has 0 amide bonds. The number of carbonyl (C=O) groups excluding carboxylic acids is 2. The van der Waals surface area contributed by atoms with Crippen LogP contribution >= 0.6 is 0 Å². The Morgan fingerprint density at radius 3 is 2.77 bits per heavy atom. The van der Waals surface area contributed by atoms with E-state index in [1.807, 2.05) is 31.2 Å². The average Bonchev–Trinajstić information content (AvgIpc) is 2.55. The van der Waals surface area contributed by atoms with Crippen molar-refractivity contribution in [2.45, 2.75) is 38.5 Å². The highest BCUT2D eigenvalue weighted by atomic mass is 16.5. The molecular weight excluding hydrogens is 276 g/mol. The fourth-order valence-corrected chi connectivity index (χ4v) is 3.79. The molecule has 1 aromatic rings. The van der Waals surface area contributed by atoms with Crippen LogP contribution in [0, 0.1) is 11.8 Å². The largest absolute Gasteiger partial charge is 0.466 e. The summed E-state index contributed by atoms with van der Waals surface area (Å²) in [5.74, 6) is 0.0884. The van der Waals surface area contributed by atoms with Gasteiger partial charge in [-0.25, -0.2) is 0 Å². The third kappa shape index (κ3) is 2.85. The minimum absolute atomic E-state index is 0.111. The lowest BCUT2D eigenvalue weighted by atomic mass is 9.67. The third-order valence-electron chi connectivity index (χ3n) is 4.84. The van der Waals surface area contributed by atoms with Crippen LogP contribution in [-0.4, -0.2) is 18.4 Å². The van der Waals surface area contributed by atoms with Crippen molar-refractivity contribution in [1.82, 2.24) is 0 Å². The summed E-state index contributed by atoms with van der Waals surface area (Å²) in [5.41, 5.74) is 2.03. The molecule has 1 fully saturated rings. The van der Waals surface area contributed by atoms with Crippen LogP contribution in [0.3, 0.4) is 0 Å². The van der Waals surface area contributed by atoms with E-state index in [2.05, 4.69) is 12.1 Å². The number of esters is 1. The van der Waals surface area contributed by atoms with Crippen LogP contribution in [0.15, 0.2) is 42.0 Å². The molecule has 0 bridgehead atoms. The van der Waals surface area contributed by atoms with Crippen molar-refractivity contribution in [3.63, 3.8) is 0 Å². The highest BCUT2D eigenvalue weighted by Gasteiger charge is 2.39. The molecule has 0 heterocycles. The van der Waals surface area contributed by atoms with Crippen molar-refractivity contribution in [3.05, 3.63) is 47.5 Å². The maximum absolute atomic E-state index is 12.4. The first-order chi connectivity index (χ1) is 10.7. The minimum Gasteiger partial charge on any atom is -0.466 e. The molecule has 0 aliphatic heterocycles. The van der Waals surface area contributed by atoms with Crippen molar-refractivity contribution >= 4 is 11.8 Å². The van der Waals surface area contributed by atoms with E-state index >= 15 is 0 Å². The number of allylic oxidation sites excluding steroid dienone is 1. The fourth-order valence-electron chi connectivity index (χ4n) is 3.79. The lowest BCUT2D eigenvalue weighted by molar-refractivity contribution is -0.147. The van der Waals surface area contributed by atoms with Gasteiger partial charge in [-0.1, -0.05) is 36.4 Å². The lowest BCUT2D eigenvalue weighted by Crippen LogP contribution is -2.33. The Hall–Kier alpha value is -1.90. The van der Waals surface area contributed by atoms with Gasteiger partial charge < -0.3 is 4.74 Å². The number of Topliss-reactive ketones (excluding diaryl/α,β-unsaturated/α-hetero) is 1. The average molecular weight is 298 g/mol. The van der Waals surface area contributed by atoms with Gasteiger partial charge in [0.05, 0.1) is 12.5 Å². The Labute approximate surface area is 131 Å². The molecule has 0 aromatic heterocycles. The van der Waals surface area contributed by atoms with Gasteiger partial charge in [-0.05, 0) is 43.2 Å². The molecular formula is C19H22O3. The van der Waals surface area contributed by atoms with E-state index in [4.69, 9.17) is 4.74 Å². The SMILES string of the molecule is CCOC(=O)[C@@H]1C=C2C(=O)CCC[C@@H]2C[C@@H]1c1ccccc1. The molecule has 3 atom stereocenters. The van der Waals surface area contributed by atoms with Gasteiger partial charge in [0.1, 0.15) is 0 Å². The number of hydrogen-bond donors (Lipinski definition) is 0. The zero-order valence-electron chi connectivity index (χ0n) is 13.0. The van der Waals surface area contributed by atoms with E-state index in [-0.39, 0.29) is 23.6 Å². The van der Waals surface area contributed by atoms with Crippen LogP contribution in [0.1, 0.15) is 44.1 Å².